The van der Waals surface area contributed by atoms with Gasteiger partial charge < -0.3 is 10.1 Å². The molecule has 4 fully saturated rings. The van der Waals surface area contributed by atoms with Crippen LogP contribution in [0.4, 0.5) is 0 Å². The smallest absolute Gasteiger partial charge is 0.118 e. The van der Waals surface area contributed by atoms with Crippen molar-refractivity contribution in [2.45, 2.75) is 58.0 Å². The highest BCUT2D eigenvalue weighted by molar-refractivity contribution is 5.27. The van der Waals surface area contributed by atoms with E-state index in [9.17, 15) is 0 Å². The van der Waals surface area contributed by atoms with Gasteiger partial charge in [-0.1, -0.05) is 12.1 Å². The molecule has 4 aliphatic carbocycles. The molecule has 1 atom stereocenters. The maximum Gasteiger partial charge on any atom is 0.118 e. The molecular weight excluding hydrogens is 270 g/mol. The zero-order valence-electron chi connectivity index (χ0n) is 14.0. The molecule has 5 rings (SSSR count). The van der Waals surface area contributed by atoms with Crippen LogP contribution in [0.25, 0.3) is 0 Å². The van der Waals surface area contributed by atoms with Gasteiger partial charge in [-0.2, -0.15) is 0 Å². The summed E-state index contributed by atoms with van der Waals surface area (Å²) in [5.74, 6) is 4.06. The lowest BCUT2D eigenvalue weighted by atomic mass is 9.48. The molecule has 2 heteroatoms. The van der Waals surface area contributed by atoms with Crippen LogP contribution in [-0.2, 0) is 6.54 Å². The van der Waals surface area contributed by atoms with Crippen LogP contribution in [0.1, 0.15) is 51.0 Å². The number of ether oxygens (including phenoxy) is 1. The molecule has 0 spiro atoms. The van der Waals surface area contributed by atoms with Crippen LogP contribution in [0.2, 0.25) is 0 Å². The molecule has 4 bridgehead atoms. The van der Waals surface area contributed by atoms with Crippen molar-refractivity contribution in [2.24, 2.45) is 23.2 Å². The Morgan fingerprint density at radius 3 is 2.09 bits per heavy atom. The van der Waals surface area contributed by atoms with Gasteiger partial charge in [0.15, 0.2) is 0 Å². The van der Waals surface area contributed by atoms with Crippen molar-refractivity contribution in [3.63, 3.8) is 0 Å². The number of hydrogen-bond donors (Lipinski definition) is 1. The van der Waals surface area contributed by atoms with Crippen LogP contribution in [0, 0.1) is 23.2 Å². The molecule has 0 saturated heterocycles. The number of hydrogen-bond acceptors (Lipinski definition) is 2. The van der Waals surface area contributed by atoms with Crippen molar-refractivity contribution in [3.05, 3.63) is 29.8 Å². The van der Waals surface area contributed by atoms with Crippen molar-refractivity contribution in [2.75, 3.05) is 7.11 Å². The van der Waals surface area contributed by atoms with Crippen molar-refractivity contribution in [3.8, 4) is 5.75 Å². The van der Waals surface area contributed by atoms with E-state index in [-0.39, 0.29) is 0 Å². The van der Waals surface area contributed by atoms with Crippen molar-refractivity contribution >= 4 is 0 Å². The Balaban J connectivity index is 1.40. The predicted octanol–water partition coefficient (Wildman–Crippen LogP) is 4.39. The van der Waals surface area contributed by atoms with E-state index in [1.54, 1.807) is 7.11 Å². The van der Waals surface area contributed by atoms with Gasteiger partial charge in [0, 0.05) is 12.6 Å². The lowest BCUT2D eigenvalue weighted by molar-refractivity contribution is -0.0706. The maximum absolute atomic E-state index is 5.24. The number of methoxy groups -OCH3 is 1. The van der Waals surface area contributed by atoms with Crippen LogP contribution in [0.3, 0.4) is 0 Å². The minimum absolute atomic E-state index is 0.598. The fraction of sp³-hybridized carbons (Fsp3) is 0.700. The molecule has 0 unspecified atom stereocenters. The van der Waals surface area contributed by atoms with E-state index >= 15 is 0 Å². The molecule has 0 aromatic heterocycles. The molecule has 0 radical (unpaired) electrons. The SMILES string of the molecule is COc1ccc(CN[C@H](C)C23CC4CC(CC(C4)C2)C3)cc1. The summed E-state index contributed by atoms with van der Waals surface area (Å²) in [7, 11) is 1.72. The van der Waals surface area contributed by atoms with Crippen LogP contribution < -0.4 is 10.1 Å². The first-order chi connectivity index (χ1) is 10.7. The second-order valence-electron chi connectivity index (χ2n) is 8.23. The quantitative estimate of drug-likeness (QED) is 0.870. The average Bonchev–Trinajstić information content (AvgIpc) is 2.51. The topological polar surface area (TPSA) is 21.3 Å². The Hall–Kier alpha value is -1.02. The molecule has 120 valence electrons. The lowest BCUT2D eigenvalue weighted by Crippen LogP contribution is -2.54. The van der Waals surface area contributed by atoms with Crippen LogP contribution in [0.5, 0.6) is 5.75 Å². The second-order valence-corrected chi connectivity index (χ2v) is 8.23. The van der Waals surface area contributed by atoms with Gasteiger partial charge in [-0.3, -0.25) is 0 Å². The Kier molecular flexibility index (Phi) is 3.68. The summed E-state index contributed by atoms with van der Waals surface area (Å²) in [6.45, 7) is 3.42. The van der Waals surface area contributed by atoms with Gasteiger partial charge in [-0.15, -0.1) is 0 Å². The largest absolute Gasteiger partial charge is 0.497 e. The Morgan fingerprint density at radius 2 is 1.59 bits per heavy atom. The van der Waals surface area contributed by atoms with E-state index in [4.69, 9.17) is 4.74 Å². The number of nitrogens with one attached hydrogen (secondary N) is 1. The van der Waals surface area contributed by atoms with Gasteiger partial charge >= 0.3 is 0 Å². The van der Waals surface area contributed by atoms with Crippen molar-refractivity contribution in [1.29, 1.82) is 0 Å². The molecule has 0 heterocycles. The highest BCUT2D eigenvalue weighted by Crippen LogP contribution is 2.61. The van der Waals surface area contributed by atoms with E-state index in [1.807, 2.05) is 0 Å². The Bertz CT molecular complexity index is 486. The molecule has 0 aliphatic heterocycles. The van der Waals surface area contributed by atoms with Gasteiger partial charge in [0.2, 0.25) is 0 Å². The highest BCUT2D eigenvalue weighted by Gasteiger charge is 2.52. The summed E-state index contributed by atoms with van der Waals surface area (Å²) in [4.78, 5) is 0. The van der Waals surface area contributed by atoms with E-state index in [0.29, 0.717) is 11.5 Å². The van der Waals surface area contributed by atoms with Gasteiger partial charge in [0.05, 0.1) is 7.11 Å². The fourth-order valence-electron chi connectivity index (χ4n) is 5.94. The summed E-state index contributed by atoms with van der Waals surface area (Å²) < 4.78 is 5.24. The molecule has 4 aliphatic rings. The van der Waals surface area contributed by atoms with Crippen molar-refractivity contribution < 1.29 is 4.74 Å². The summed E-state index contributed by atoms with van der Waals surface area (Å²) in [6.07, 6.45) is 9.04. The van der Waals surface area contributed by atoms with Gasteiger partial charge in [0.1, 0.15) is 5.75 Å². The monoisotopic (exact) mass is 299 g/mol. The zero-order chi connectivity index (χ0) is 15.2. The molecule has 22 heavy (non-hydrogen) atoms. The van der Waals surface area contributed by atoms with E-state index in [2.05, 4.69) is 36.5 Å². The maximum atomic E-state index is 5.24. The summed E-state index contributed by atoms with van der Waals surface area (Å²) in [5.41, 5.74) is 1.96. The molecule has 1 aromatic carbocycles. The third-order valence-corrected chi connectivity index (χ3v) is 6.78. The first kappa shape index (κ1) is 14.6. The highest BCUT2D eigenvalue weighted by atomic mass is 16.5. The summed E-state index contributed by atoms with van der Waals surface area (Å²) >= 11 is 0. The summed E-state index contributed by atoms with van der Waals surface area (Å²) in [5, 5.41) is 3.85. The first-order valence-electron chi connectivity index (χ1n) is 9.03. The van der Waals surface area contributed by atoms with Crippen molar-refractivity contribution in [1.82, 2.24) is 5.32 Å². The second kappa shape index (κ2) is 5.56. The van der Waals surface area contributed by atoms with Gasteiger partial charge in [-0.05, 0) is 86.3 Å². The minimum atomic E-state index is 0.598. The fourth-order valence-corrected chi connectivity index (χ4v) is 5.94. The standard InChI is InChI=1S/C20H29NO/c1-14(21-13-15-3-5-19(22-2)6-4-15)20-10-16-7-17(11-20)9-18(8-16)12-20/h3-6,14,16-18,21H,7-13H2,1-2H3/t14-,16?,17?,18?,20?/m1/s1. The van der Waals surface area contributed by atoms with Crippen LogP contribution in [-0.4, -0.2) is 13.2 Å². The van der Waals surface area contributed by atoms with Gasteiger partial charge in [-0.25, -0.2) is 0 Å². The van der Waals surface area contributed by atoms with Gasteiger partial charge in [0.25, 0.3) is 0 Å². The number of benzene rings is 1. The number of rotatable bonds is 5. The molecule has 1 aromatic rings. The van der Waals surface area contributed by atoms with E-state index in [1.165, 1.54) is 44.1 Å². The predicted molar refractivity (Wildman–Crippen MR) is 89.9 cm³/mol. The minimum Gasteiger partial charge on any atom is -0.497 e. The zero-order valence-corrected chi connectivity index (χ0v) is 14.0. The molecule has 0 amide bonds. The molecular formula is C20H29NO. The summed E-state index contributed by atoms with van der Waals surface area (Å²) in [6, 6.07) is 9.12. The normalized spacial score (nSPS) is 37.3. The molecule has 2 nitrogen and oxygen atoms in total. The van der Waals surface area contributed by atoms with Crippen LogP contribution >= 0.6 is 0 Å². The Labute approximate surface area is 134 Å². The third-order valence-electron chi connectivity index (χ3n) is 6.78. The van der Waals surface area contributed by atoms with Crippen LogP contribution in [0.15, 0.2) is 24.3 Å². The average molecular weight is 299 g/mol. The lowest BCUT2D eigenvalue weighted by Gasteiger charge is -2.59. The molecule has 1 N–H and O–H groups in total. The van der Waals surface area contributed by atoms with E-state index < -0.39 is 0 Å². The Morgan fingerprint density at radius 1 is 1.05 bits per heavy atom. The van der Waals surface area contributed by atoms with E-state index in [0.717, 1.165) is 30.0 Å². The third kappa shape index (κ3) is 2.56. The first-order valence-corrected chi connectivity index (χ1v) is 9.03. The molecule has 4 saturated carbocycles.